The first-order chi connectivity index (χ1) is 7.86. The molecule has 4 nitrogen and oxygen atoms in total. The van der Waals surface area contributed by atoms with Crippen LogP contribution in [-0.4, -0.2) is 42.0 Å². The molecule has 1 amide bonds. The van der Waals surface area contributed by atoms with Gasteiger partial charge in [-0.2, -0.15) is 0 Å². The standard InChI is InChI=1S/C12H19N3O/c16-12(11-5-4-6-13-11)14-7-10-15-8-2-1-3-9-15/h4-6,13H,1-3,7-10H2,(H,14,16). The number of amides is 1. The van der Waals surface area contributed by atoms with Gasteiger partial charge in [-0.15, -0.1) is 0 Å². The molecular weight excluding hydrogens is 202 g/mol. The molecular formula is C12H19N3O. The van der Waals surface area contributed by atoms with Crippen LogP contribution in [0.4, 0.5) is 0 Å². The van der Waals surface area contributed by atoms with Crippen molar-refractivity contribution >= 4 is 5.91 Å². The quantitative estimate of drug-likeness (QED) is 0.803. The molecule has 1 saturated heterocycles. The molecule has 0 aliphatic carbocycles. The number of nitrogens with zero attached hydrogens (tertiary/aromatic N) is 1. The number of aromatic nitrogens is 1. The molecule has 2 heterocycles. The number of hydrogen-bond donors (Lipinski definition) is 2. The number of H-pyrrole nitrogens is 1. The number of nitrogens with one attached hydrogen (secondary N) is 2. The van der Waals surface area contributed by atoms with Crippen LogP contribution in [0.1, 0.15) is 29.8 Å². The molecule has 0 saturated carbocycles. The summed E-state index contributed by atoms with van der Waals surface area (Å²) < 4.78 is 0. The average Bonchev–Trinajstić information content (AvgIpc) is 2.84. The SMILES string of the molecule is O=C(NCCN1CCCCC1)c1ccc[nH]1. The third kappa shape index (κ3) is 3.10. The maximum absolute atomic E-state index is 11.6. The van der Waals surface area contributed by atoms with Crippen molar-refractivity contribution in [2.75, 3.05) is 26.2 Å². The minimum Gasteiger partial charge on any atom is -0.357 e. The normalized spacial score (nSPS) is 17.2. The van der Waals surface area contributed by atoms with Crippen LogP contribution in [0.15, 0.2) is 18.3 Å². The van der Waals surface area contributed by atoms with Crippen LogP contribution < -0.4 is 5.32 Å². The van der Waals surface area contributed by atoms with Crippen LogP contribution in [-0.2, 0) is 0 Å². The Bertz CT molecular complexity index is 315. The highest BCUT2D eigenvalue weighted by molar-refractivity contribution is 5.92. The van der Waals surface area contributed by atoms with Crippen molar-refractivity contribution in [2.24, 2.45) is 0 Å². The zero-order valence-electron chi connectivity index (χ0n) is 9.54. The van der Waals surface area contributed by atoms with Gasteiger partial charge in [-0.3, -0.25) is 4.79 Å². The molecule has 16 heavy (non-hydrogen) atoms. The molecule has 0 atom stereocenters. The van der Waals surface area contributed by atoms with E-state index >= 15 is 0 Å². The summed E-state index contributed by atoms with van der Waals surface area (Å²) in [5, 5.41) is 2.92. The topological polar surface area (TPSA) is 48.1 Å². The Kier molecular flexibility index (Phi) is 3.99. The summed E-state index contributed by atoms with van der Waals surface area (Å²) >= 11 is 0. The third-order valence-corrected chi connectivity index (χ3v) is 3.00. The number of carbonyl (C=O) groups excluding carboxylic acids is 1. The van der Waals surface area contributed by atoms with Gasteiger partial charge in [0.2, 0.25) is 0 Å². The maximum atomic E-state index is 11.6. The fourth-order valence-electron chi connectivity index (χ4n) is 2.08. The molecule has 4 heteroatoms. The minimum absolute atomic E-state index is 0.0120. The number of likely N-dealkylation sites (tertiary alicyclic amines) is 1. The molecule has 1 fully saturated rings. The number of carbonyl (C=O) groups is 1. The Morgan fingerprint density at radius 2 is 2.19 bits per heavy atom. The first-order valence-corrected chi connectivity index (χ1v) is 6.00. The van der Waals surface area contributed by atoms with Crippen molar-refractivity contribution in [1.82, 2.24) is 15.2 Å². The fourth-order valence-corrected chi connectivity index (χ4v) is 2.08. The second kappa shape index (κ2) is 5.70. The fraction of sp³-hybridized carbons (Fsp3) is 0.583. The Morgan fingerprint density at radius 3 is 2.88 bits per heavy atom. The molecule has 1 aliphatic heterocycles. The molecule has 88 valence electrons. The van der Waals surface area contributed by atoms with E-state index in [-0.39, 0.29) is 5.91 Å². The van der Waals surface area contributed by atoms with E-state index in [2.05, 4.69) is 15.2 Å². The summed E-state index contributed by atoms with van der Waals surface area (Å²) in [7, 11) is 0. The van der Waals surface area contributed by atoms with Gasteiger partial charge in [0.25, 0.3) is 5.91 Å². The zero-order chi connectivity index (χ0) is 11.2. The molecule has 1 aliphatic rings. The Hall–Kier alpha value is -1.29. The second-order valence-corrected chi connectivity index (χ2v) is 4.24. The smallest absolute Gasteiger partial charge is 0.267 e. The van der Waals surface area contributed by atoms with Crippen LogP contribution in [0.25, 0.3) is 0 Å². The average molecular weight is 221 g/mol. The molecule has 2 rings (SSSR count). The van der Waals surface area contributed by atoms with Crippen LogP contribution in [0, 0.1) is 0 Å². The second-order valence-electron chi connectivity index (χ2n) is 4.24. The number of piperidine rings is 1. The van der Waals surface area contributed by atoms with Gasteiger partial charge in [-0.05, 0) is 38.1 Å². The lowest BCUT2D eigenvalue weighted by Crippen LogP contribution is -2.37. The van der Waals surface area contributed by atoms with Crippen LogP contribution in [0.3, 0.4) is 0 Å². The summed E-state index contributed by atoms with van der Waals surface area (Å²) in [5.41, 5.74) is 0.638. The predicted molar refractivity (Wildman–Crippen MR) is 63.4 cm³/mol. The van der Waals surface area contributed by atoms with Crippen molar-refractivity contribution in [2.45, 2.75) is 19.3 Å². The van der Waals surface area contributed by atoms with E-state index in [9.17, 15) is 4.79 Å². The highest BCUT2D eigenvalue weighted by atomic mass is 16.1. The van der Waals surface area contributed by atoms with E-state index < -0.39 is 0 Å². The summed E-state index contributed by atoms with van der Waals surface area (Å²) in [6.45, 7) is 4.06. The van der Waals surface area contributed by atoms with E-state index in [4.69, 9.17) is 0 Å². The Balaban J connectivity index is 1.66. The minimum atomic E-state index is -0.0120. The van der Waals surface area contributed by atoms with E-state index in [1.165, 1.54) is 32.4 Å². The summed E-state index contributed by atoms with van der Waals surface area (Å²) in [5.74, 6) is -0.0120. The molecule has 0 aromatic carbocycles. The van der Waals surface area contributed by atoms with E-state index in [1.54, 1.807) is 12.3 Å². The van der Waals surface area contributed by atoms with Crippen LogP contribution in [0.2, 0.25) is 0 Å². The molecule has 0 radical (unpaired) electrons. The highest BCUT2D eigenvalue weighted by Gasteiger charge is 2.10. The molecule has 1 aromatic rings. The Morgan fingerprint density at radius 1 is 1.38 bits per heavy atom. The number of hydrogen-bond acceptors (Lipinski definition) is 2. The van der Waals surface area contributed by atoms with Crippen molar-refractivity contribution in [3.05, 3.63) is 24.0 Å². The molecule has 2 N–H and O–H groups in total. The van der Waals surface area contributed by atoms with E-state index in [0.29, 0.717) is 5.69 Å². The van der Waals surface area contributed by atoms with Crippen molar-refractivity contribution in [1.29, 1.82) is 0 Å². The van der Waals surface area contributed by atoms with Gasteiger partial charge in [0, 0.05) is 19.3 Å². The van der Waals surface area contributed by atoms with Crippen molar-refractivity contribution < 1.29 is 4.79 Å². The number of rotatable bonds is 4. The monoisotopic (exact) mass is 221 g/mol. The van der Waals surface area contributed by atoms with Gasteiger partial charge in [0.1, 0.15) is 5.69 Å². The number of aromatic amines is 1. The highest BCUT2D eigenvalue weighted by Crippen LogP contribution is 2.07. The van der Waals surface area contributed by atoms with Crippen molar-refractivity contribution in [3.8, 4) is 0 Å². The van der Waals surface area contributed by atoms with Crippen LogP contribution >= 0.6 is 0 Å². The molecule has 1 aromatic heterocycles. The zero-order valence-corrected chi connectivity index (χ0v) is 9.54. The van der Waals surface area contributed by atoms with Gasteiger partial charge in [-0.1, -0.05) is 6.42 Å². The van der Waals surface area contributed by atoms with E-state index in [1.807, 2.05) is 6.07 Å². The van der Waals surface area contributed by atoms with Gasteiger partial charge in [-0.25, -0.2) is 0 Å². The van der Waals surface area contributed by atoms with Gasteiger partial charge >= 0.3 is 0 Å². The third-order valence-electron chi connectivity index (χ3n) is 3.00. The Labute approximate surface area is 96.0 Å². The lowest BCUT2D eigenvalue weighted by molar-refractivity contribution is 0.0942. The van der Waals surface area contributed by atoms with Gasteiger partial charge in [0.15, 0.2) is 0 Å². The lowest BCUT2D eigenvalue weighted by Gasteiger charge is -2.26. The largest absolute Gasteiger partial charge is 0.357 e. The lowest BCUT2D eigenvalue weighted by atomic mass is 10.1. The molecule has 0 unspecified atom stereocenters. The van der Waals surface area contributed by atoms with Gasteiger partial charge in [0.05, 0.1) is 0 Å². The maximum Gasteiger partial charge on any atom is 0.267 e. The van der Waals surface area contributed by atoms with Crippen molar-refractivity contribution in [3.63, 3.8) is 0 Å². The first kappa shape index (κ1) is 11.2. The predicted octanol–water partition coefficient (Wildman–Crippen LogP) is 1.23. The first-order valence-electron chi connectivity index (χ1n) is 6.00. The molecule has 0 bridgehead atoms. The van der Waals surface area contributed by atoms with Crippen LogP contribution in [0.5, 0.6) is 0 Å². The molecule has 0 spiro atoms. The van der Waals surface area contributed by atoms with E-state index in [0.717, 1.165) is 13.1 Å². The summed E-state index contributed by atoms with van der Waals surface area (Å²) in [4.78, 5) is 16.9. The summed E-state index contributed by atoms with van der Waals surface area (Å²) in [6.07, 6.45) is 5.71. The van der Waals surface area contributed by atoms with Gasteiger partial charge < -0.3 is 15.2 Å². The summed E-state index contributed by atoms with van der Waals surface area (Å²) in [6, 6.07) is 3.62.